The van der Waals surface area contributed by atoms with Crippen LogP contribution in [0.4, 0.5) is 0 Å². The predicted molar refractivity (Wildman–Crippen MR) is 129 cm³/mol. The normalized spacial score (nSPS) is 11.8. The first-order chi connectivity index (χ1) is 16.0. The maximum atomic E-state index is 12.7. The van der Waals surface area contributed by atoms with Crippen LogP contribution < -0.4 is 5.32 Å². The summed E-state index contributed by atoms with van der Waals surface area (Å²) in [6.45, 7) is 3.78. The summed E-state index contributed by atoms with van der Waals surface area (Å²) >= 11 is 5.99. The van der Waals surface area contributed by atoms with Gasteiger partial charge < -0.3 is 5.32 Å². The number of alkyl halides is 1. The van der Waals surface area contributed by atoms with Gasteiger partial charge in [-0.2, -0.15) is 0 Å². The SMILES string of the molecule is CC(C)(CCl)C(=O)NCc1nnnn1C(c1ccccc1)(c1ccccc1)c1ccccc1. The molecule has 0 unspecified atom stereocenters. The molecule has 1 aromatic heterocycles. The van der Waals surface area contributed by atoms with E-state index in [0.29, 0.717) is 5.82 Å². The maximum absolute atomic E-state index is 12.7. The molecule has 1 heterocycles. The number of carbonyl (C=O) groups excluding carboxylic acids is 1. The summed E-state index contributed by atoms with van der Waals surface area (Å²) in [7, 11) is 0. The molecular formula is C26H26ClN5O. The van der Waals surface area contributed by atoms with Gasteiger partial charge in [0, 0.05) is 5.88 Å². The van der Waals surface area contributed by atoms with E-state index in [1.54, 1.807) is 18.5 Å². The summed E-state index contributed by atoms with van der Waals surface area (Å²) in [4.78, 5) is 12.7. The van der Waals surface area contributed by atoms with Crippen molar-refractivity contribution in [3.8, 4) is 0 Å². The Hall–Kier alpha value is -3.51. The largest absolute Gasteiger partial charge is 0.348 e. The summed E-state index contributed by atoms with van der Waals surface area (Å²) in [6, 6.07) is 30.4. The van der Waals surface area contributed by atoms with E-state index in [-0.39, 0.29) is 18.3 Å². The Kier molecular flexibility index (Phi) is 6.56. The van der Waals surface area contributed by atoms with E-state index in [2.05, 4.69) is 57.2 Å². The van der Waals surface area contributed by atoms with Gasteiger partial charge in [0.1, 0.15) is 5.54 Å². The number of rotatable bonds is 8. The first-order valence-corrected chi connectivity index (χ1v) is 11.3. The minimum Gasteiger partial charge on any atom is -0.348 e. The average molecular weight is 460 g/mol. The van der Waals surface area contributed by atoms with E-state index >= 15 is 0 Å². The number of hydrogen-bond acceptors (Lipinski definition) is 4. The van der Waals surface area contributed by atoms with E-state index in [9.17, 15) is 4.79 Å². The number of amides is 1. The van der Waals surface area contributed by atoms with Crippen LogP contribution in [-0.2, 0) is 16.9 Å². The van der Waals surface area contributed by atoms with Crippen LogP contribution in [0.2, 0.25) is 0 Å². The number of nitrogens with one attached hydrogen (secondary N) is 1. The molecule has 0 saturated carbocycles. The van der Waals surface area contributed by atoms with Gasteiger partial charge >= 0.3 is 0 Å². The second-order valence-electron chi connectivity index (χ2n) is 8.52. The van der Waals surface area contributed by atoms with Crippen molar-refractivity contribution < 1.29 is 4.79 Å². The smallest absolute Gasteiger partial charge is 0.227 e. The third-order valence-corrected chi connectivity index (χ3v) is 6.45. The lowest BCUT2D eigenvalue weighted by atomic mass is 9.77. The van der Waals surface area contributed by atoms with Crippen LogP contribution in [0, 0.1) is 5.41 Å². The van der Waals surface area contributed by atoms with Crippen molar-refractivity contribution in [1.82, 2.24) is 25.5 Å². The molecule has 0 spiro atoms. The zero-order chi connectivity index (χ0) is 23.3. The zero-order valence-electron chi connectivity index (χ0n) is 18.6. The van der Waals surface area contributed by atoms with E-state index in [4.69, 9.17) is 11.6 Å². The standard InChI is InChI=1S/C26H26ClN5O/c1-25(2,19-27)24(33)28-18-23-29-30-31-32(23)26(20-12-6-3-7-13-20,21-14-8-4-9-15-21)22-16-10-5-11-17-22/h3-17H,18-19H2,1-2H3,(H,28,33). The van der Waals surface area contributed by atoms with Gasteiger partial charge in [0.15, 0.2) is 5.82 Å². The monoisotopic (exact) mass is 459 g/mol. The lowest BCUT2D eigenvalue weighted by molar-refractivity contribution is -0.128. The highest BCUT2D eigenvalue weighted by Crippen LogP contribution is 2.40. The van der Waals surface area contributed by atoms with Gasteiger partial charge in [-0.1, -0.05) is 91.0 Å². The molecule has 3 aromatic carbocycles. The highest BCUT2D eigenvalue weighted by atomic mass is 35.5. The minimum atomic E-state index is -0.838. The van der Waals surface area contributed by atoms with Crippen molar-refractivity contribution in [1.29, 1.82) is 0 Å². The predicted octanol–water partition coefficient (Wildman–Crippen LogP) is 4.39. The van der Waals surface area contributed by atoms with Crippen molar-refractivity contribution in [3.63, 3.8) is 0 Å². The Labute approximate surface area is 198 Å². The Morgan fingerprint density at radius 3 is 1.73 bits per heavy atom. The number of hydrogen-bond donors (Lipinski definition) is 1. The quantitative estimate of drug-likeness (QED) is 0.313. The third kappa shape index (κ3) is 4.26. The average Bonchev–Trinajstić information content (AvgIpc) is 3.34. The van der Waals surface area contributed by atoms with Gasteiger partial charge in [-0.15, -0.1) is 16.7 Å². The molecule has 0 bridgehead atoms. The van der Waals surface area contributed by atoms with E-state index in [1.807, 2.05) is 54.6 Å². The Balaban J connectivity index is 1.91. The molecule has 4 rings (SSSR count). The fourth-order valence-corrected chi connectivity index (χ4v) is 4.06. The summed E-state index contributed by atoms with van der Waals surface area (Å²) in [5, 5.41) is 15.7. The molecule has 1 N–H and O–H groups in total. The van der Waals surface area contributed by atoms with Crippen LogP contribution in [-0.4, -0.2) is 32.0 Å². The first-order valence-electron chi connectivity index (χ1n) is 10.8. The third-order valence-electron chi connectivity index (χ3n) is 5.78. The molecular weight excluding hydrogens is 434 g/mol. The van der Waals surface area contributed by atoms with Crippen molar-refractivity contribution >= 4 is 17.5 Å². The van der Waals surface area contributed by atoms with Crippen LogP contribution in [0.3, 0.4) is 0 Å². The van der Waals surface area contributed by atoms with Crippen LogP contribution in [0.25, 0.3) is 0 Å². The minimum absolute atomic E-state index is 0.156. The number of aromatic nitrogens is 4. The molecule has 33 heavy (non-hydrogen) atoms. The number of benzene rings is 3. The van der Waals surface area contributed by atoms with Crippen LogP contribution in [0.1, 0.15) is 36.4 Å². The zero-order valence-corrected chi connectivity index (χ0v) is 19.4. The summed E-state index contributed by atoms with van der Waals surface area (Å²) in [5.41, 5.74) is 1.47. The number of tetrazole rings is 1. The molecule has 7 heteroatoms. The van der Waals surface area contributed by atoms with Crippen LogP contribution in [0.5, 0.6) is 0 Å². The van der Waals surface area contributed by atoms with E-state index in [0.717, 1.165) is 16.7 Å². The van der Waals surface area contributed by atoms with Gasteiger partial charge in [-0.05, 0) is 41.0 Å². The second kappa shape index (κ2) is 9.55. The summed E-state index contributed by atoms with van der Waals surface area (Å²) in [6.07, 6.45) is 0. The highest BCUT2D eigenvalue weighted by molar-refractivity contribution is 6.19. The van der Waals surface area contributed by atoms with Gasteiger partial charge in [0.05, 0.1) is 12.0 Å². The van der Waals surface area contributed by atoms with Crippen LogP contribution in [0.15, 0.2) is 91.0 Å². The molecule has 0 atom stereocenters. The summed E-state index contributed by atoms with van der Waals surface area (Å²) in [5.74, 6) is 0.591. The Morgan fingerprint density at radius 1 is 0.848 bits per heavy atom. The molecule has 168 valence electrons. The highest BCUT2D eigenvalue weighted by Gasteiger charge is 2.41. The maximum Gasteiger partial charge on any atom is 0.227 e. The lowest BCUT2D eigenvalue weighted by Crippen LogP contribution is -2.42. The van der Waals surface area contributed by atoms with Gasteiger partial charge in [0.25, 0.3) is 0 Å². The fourth-order valence-electron chi connectivity index (χ4n) is 3.94. The number of nitrogens with zero attached hydrogens (tertiary/aromatic N) is 4. The van der Waals surface area contributed by atoms with Crippen molar-refractivity contribution in [2.24, 2.45) is 5.41 Å². The molecule has 0 aliphatic rings. The van der Waals surface area contributed by atoms with E-state index in [1.165, 1.54) is 0 Å². The fraction of sp³-hybridized carbons (Fsp3) is 0.231. The Bertz CT molecular complexity index is 1100. The van der Waals surface area contributed by atoms with Gasteiger partial charge in [-0.25, -0.2) is 4.68 Å². The first kappa shape index (κ1) is 22.7. The molecule has 0 saturated heterocycles. The molecule has 0 radical (unpaired) electrons. The van der Waals surface area contributed by atoms with Crippen molar-refractivity contribution in [2.45, 2.75) is 25.9 Å². The molecule has 0 aliphatic heterocycles. The number of carbonyl (C=O) groups is 1. The van der Waals surface area contributed by atoms with E-state index < -0.39 is 11.0 Å². The second-order valence-corrected chi connectivity index (χ2v) is 8.78. The lowest BCUT2D eigenvalue weighted by Gasteiger charge is -2.36. The number of halogens is 1. The molecule has 0 aliphatic carbocycles. The molecule has 1 amide bonds. The topological polar surface area (TPSA) is 72.7 Å². The molecule has 6 nitrogen and oxygen atoms in total. The Morgan fingerprint density at radius 2 is 1.30 bits per heavy atom. The van der Waals surface area contributed by atoms with Gasteiger partial charge in [-0.3, -0.25) is 4.79 Å². The van der Waals surface area contributed by atoms with Crippen molar-refractivity contribution in [3.05, 3.63) is 114 Å². The molecule has 4 aromatic rings. The molecule has 0 fully saturated rings. The van der Waals surface area contributed by atoms with Crippen LogP contribution >= 0.6 is 11.6 Å². The van der Waals surface area contributed by atoms with Gasteiger partial charge in [0.2, 0.25) is 5.91 Å². The van der Waals surface area contributed by atoms with Crippen molar-refractivity contribution in [2.75, 3.05) is 5.88 Å². The summed E-state index contributed by atoms with van der Waals surface area (Å²) < 4.78 is 1.81.